The summed E-state index contributed by atoms with van der Waals surface area (Å²) in [5.41, 5.74) is 1.67. The van der Waals surface area contributed by atoms with Gasteiger partial charge in [-0.25, -0.2) is 4.98 Å². The van der Waals surface area contributed by atoms with Gasteiger partial charge < -0.3 is 16.0 Å². The highest BCUT2D eigenvalue weighted by Gasteiger charge is 2.17. The lowest BCUT2D eigenvalue weighted by atomic mass is 10.2. The summed E-state index contributed by atoms with van der Waals surface area (Å²) in [4.78, 5) is 28.7. The molecule has 2 heterocycles. The molecular weight excluding hydrogens is 338 g/mol. The van der Waals surface area contributed by atoms with E-state index in [1.807, 2.05) is 12.1 Å². The normalized spacial score (nSPS) is 12.5. The second-order valence-corrected chi connectivity index (χ2v) is 6.29. The Morgan fingerprint density at radius 1 is 1.32 bits per heavy atom. The van der Waals surface area contributed by atoms with Gasteiger partial charge in [-0.3, -0.25) is 9.59 Å². The summed E-state index contributed by atoms with van der Waals surface area (Å²) in [6, 6.07) is 10.7. The highest BCUT2D eigenvalue weighted by Crippen LogP contribution is 2.31. The summed E-state index contributed by atoms with van der Waals surface area (Å²) in [6.07, 6.45) is 1.49. The van der Waals surface area contributed by atoms with E-state index in [4.69, 9.17) is 5.26 Å². The van der Waals surface area contributed by atoms with E-state index in [0.717, 1.165) is 4.90 Å². The van der Waals surface area contributed by atoms with Crippen molar-refractivity contribution in [2.75, 3.05) is 29.5 Å². The smallest absolute Gasteiger partial charge is 0.251 e. The number of benzene rings is 1. The summed E-state index contributed by atoms with van der Waals surface area (Å²) in [6.45, 7) is 0.918. The monoisotopic (exact) mass is 353 g/mol. The summed E-state index contributed by atoms with van der Waals surface area (Å²) < 4.78 is 0. The molecule has 0 saturated heterocycles. The van der Waals surface area contributed by atoms with Crippen LogP contribution in [0.5, 0.6) is 0 Å². The summed E-state index contributed by atoms with van der Waals surface area (Å²) >= 11 is 1.46. The maximum Gasteiger partial charge on any atom is 0.251 e. The van der Waals surface area contributed by atoms with Gasteiger partial charge in [0, 0.05) is 29.7 Å². The second-order valence-electron chi connectivity index (χ2n) is 5.27. The van der Waals surface area contributed by atoms with Gasteiger partial charge in [0.2, 0.25) is 5.91 Å². The molecule has 0 fully saturated rings. The van der Waals surface area contributed by atoms with E-state index in [0.29, 0.717) is 41.5 Å². The van der Waals surface area contributed by atoms with Crippen LogP contribution in [0, 0.1) is 11.3 Å². The molecule has 1 aliphatic heterocycles. The van der Waals surface area contributed by atoms with E-state index in [1.54, 1.807) is 24.3 Å². The van der Waals surface area contributed by atoms with Crippen LogP contribution in [0.2, 0.25) is 0 Å². The minimum absolute atomic E-state index is 0.0609. The van der Waals surface area contributed by atoms with Crippen molar-refractivity contribution in [1.29, 1.82) is 5.26 Å². The number of amides is 2. The quantitative estimate of drug-likeness (QED) is 0.708. The first-order valence-corrected chi connectivity index (χ1v) is 8.59. The molecule has 0 spiro atoms. The molecular formula is C17H15N5O2S. The first-order valence-electron chi connectivity index (χ1n) is 7.60. The molecule has 3 N–H and O–H groups in total. The number of carbonyl (C=O) groups excluding carboxylic acids is 2. The fourth-order valence-electron chi connectivity index (χ4n) is 2.26. The first kappa shape index (κ1) is 16.8. The van der Waals surface area contributed by atoms with Crippen molar-refractivity contribution in [3.63, 3.8) is 0 Å². The number of rotatable bonds is 5. The van der Waals surface area contributed by atoms with Crippen molar-refractivity contribution in [2.24, 2.45) is 0 Å². The van der Waals surface area contributed by atoms with E-state index in [2.05, 4.69) is 20.9 Å². The zero-order valence-electron chi connectivity index (χ0n) is 13.2. The molecule has 0 atom stereocenters. The SMILES string of the molecule is N#Cc1ccc(NCCNC(=O)c2ccc3c(c2)NC(=O)CS3)nc1. The van der Waals surface area contributed by atoms with Crippen molar-refractivity contribution >= 4 is 35.1 Å². The van der Waals surface area contributed by atoms with Crippen molar-refractivity contribution < 1.29 is 9.59 Å². The zero-order chi connectivity index (χ0) is 17.6. The fraction of sp³-hybridized carbons (Fsp3) is 0.176. The zero-order valence-corrected chi connectivity index (χ0v) is 14.0. The molecule has 7 nitrogen and oxygen atoms in total. The number of anilines is 2. The molecule has 0 unspecified atom stereocenters. The van der Waals surface area contributed by atoms with Gasteiger partial charge in [-0.1, -0.05) is 0 Å². The van der Waals surface area contributed by atoms with Crippen LogP contribution in [-0.4, -0.2) is 35.6 Å². The average Bonchev–Trinajstić information content (AvgIpc) is 2.65. The molecule has 126 valence electrons. The minimum atomic E-state index is -0.206. The number of carbonyl (C=O) groups is 2. The highest BCUT2D eigenvalue weighted by atomic mass is 32.2. The predicted molar refractivity (Wildman–Crippen MR) is 95.6 cm³/mol. The lowest BCUT2D eigenvalue weighted by Crippen LogP contribution is -2.29. The first-order chi connectivity index (χ1) is 12.2. The molecule has 0 radical (unpaired) electrons. The van der Waals surface area contributed by atoms with Gasteiger partial charge in [-0.2, -0.15) is 5.26 Å². The van der Waals surface area contributed by atoms with Gasteiger partial charge in [0.1, 0.15) is 11.9 Å². The molecule has 2 aromatic rings. The minimum Gasteiger partial charge on any atom is -0.368 e. The van der Waals surface area contributed by atoms with Gasteiger partial charge >= 0.3 is 0 Å². The van der Waals surface area contributed by atoms with Crippen molar-refractivity contribution in [1.82, 2.24) is 10.3 Å². The van der Waals surface area contributed by atoms with Crippen LogP contribution < -0.4 is 16.0 Å². The Bertz CT molecular complexity index is 845. The van der Waals surface area contributed by atoms with Crippen LogP contribution in [0.4, 0.5) is 11.5 Å². The second kappa shape index (κ2) is 7.68. The Balaban J connectivity index is 1.50. The van der Waals surface area contributed by atoms with E-state index in [-0.39, 0.29) is 11.8 Å². The van der Waals surface area contributed by atoms with Crippen LogP contribution in [0.25, 0.3) is 0 Å². The van der Waals surface area contributed by atoms with E-state index in [9.17, 15) is 9.59 Å². The number of hydrogen-bond acceptors (Lipinski definition) is 6. The highest BCUT2D eigenvalue weighted by molar-refractivity contribution is 8.00. The largest absolute Gasteiger partial charge is 0.368 e. The molecule has 0 aliphatic carbocycles. The van der Waals surface area contributed by atoms with Crippen LogP contribution in [0.3, 0.4) is 0 Å². The fourth-order valence-corrected chi connectivity index (χ4v) is 3.05. The van der Waals surface area contributed by atoms with Crippen LogP contribution >= 0.6 is 11.8 Å². The van der Waals surface area contributed by atoms with E-state index < -0.39 is 0 Å². The van der Waals surface area contributed by atoms with Gasteiger partial charge in [-0.05, 0) is 30.3 Å². The summed E-state index contributed by atoms with van der Waals surface area (Å²) in [5, 5.41) is 17.4. The summed E-state index contributed by atoms with van der Waals surface area (Å²) in [7, 11) is 0. The van der Waals surface area contributed by atoms with Crippen molar-refractivity contribution in [2.45, 2.75) is 4.90 Å². The maximum absolute atomic E-state index is 12.2. The Labute approximate surface area is 148 Å². The number of aromatic nitrogens is 1. The number of nitrogens with one attached hydrogen (secondary N) is 3. The van der Waals surface area contributed by atoms with Gasteiger partial charge in [0.25, 0.3) is 5.91 Å². The number of thioether (sulfide) groups is 1. The number of pyridine rings is 1. The number of nitriles is 1. The van der Waals surface area contributed by atoms with Crippen LogP contribution in [0.15, 0.2) is 41.4 Å². The maximum atomic E-state index is 12.2. The van der Waals surface area contributed by atoms with Gasteiger partial charge in [0.05, 0.1) is 17.0 Å². The van der Waals surface area contributed by atoms with Crippen LogP contribution in [-0.2, 0) is 4.79 Å². The Morgan fingerprint density at radius 3 is 2.96 bits per heavy atom. The number of nitrogens with zero attached hydrogens (tertiary/aromatic N) is 2. The van der Waals surface area contributed by atoms with Gasteiger partial charge in [0.15, 0.2) is 0 Å². The molecule has 1 aliphatic rings. The molecule has 25 heavy (non-hydrogen) atoms. The lowest BCUT2D eigenvalue weighted by Gasteiger charge is -2.17. The summed E-state index contributed by atoms with van der Waals surface area (Å²) in [5.74, 6) is 0.770. The Kier molecular flexibility index (Phi) is 5.16. The Hall–Kier alpha value is -3.05. The molecule has 1 aromatic heterocycles. The molecule has 0 bridgehead atoms. The molecule has 1 aromatic carbocycles. The topological polar surface area (TPSA) is 107 Å². The molecule has 0 saturated carbocycles. The van der Waals surface area contributed by atoms with E-state index in [1.165, 1.54) is 18.0 Å². The third kappa shape index (κ3) is 4.28. The third-order valence-corrected chi connectivity index (χ3v) is 4.56. The van der Waals surface area contributed by atoms with Crippen molar-refractivity contribution in [3.8, 4) is 6.07 Å². The average molecular weight is 353 g/mol. The standard InChI is InChI=1S/C17H15N5O2S/c18-8-11-1-4-15(21-9-11)19-5-6-20-17(24)12-2-3-14-13(7-12)22-16(23)10-25-14/h1-4,7,9H,5-6,10H2,(H,19,21)(H,20,24)(H,22,23). The lowest BCUT2D eigenvalue weighted by molar-refractivity contribution is -0.113. The Morgan fingerprint density at radius 2 is 2.20 bits per heavy atom. The predicted octanol–water partition coefficient (Wildman–Crippen LogP) is 1.84. The molecule has 8 heteroatoms. The number of hydrogen-bond donors (Lipinski definition) is 3. The van der Waals surface area contributed by atoms with Crippen molar-refractivity contribution in [3.05, 3.63) is 47.7 Å². The van der Waals surface area contributed by atoms with Crippen LogP contribution in [0.1, 0.15) is 15.9 Å². The number of fused-ring (bicyclic) bond motifs is 1. The molecule has 3 rings (SSSR count). The van der Waals surface area contributed by atoms with Gasteiger partial charge in [-0.15, -0.1) is 11.8 Å². The molecule has 2 amide bonds. The third-order valence-electron chi connectivity index (χ3n) is 3.48. The van der Waals surface area contributed by atoms with E-state index >= 15 is 0 Å².